The van der Waals surface area contributed by atoms with Crippen LogP contribution in [0.3, 0.4) is 0 Å². The fourth-order valence-electron chi connectivity index (χ4n) is 2.80. The van der Waals surface area contributed by atoms with Crippen LogP contribution in [0.15, 0.2) is 54.9 Å². The van der Waals surface area contributed by atoms with Gasteiger partial charge in [0.05, 0.1) is 11.1 Å². The summed E-state index contributed by atoms with van der Waals surface area (Å²) >= 11 is 0. The molecule has 0 saturated carbocycles. The Hall–Kier alpha value is -3.69. The molecular weight excluding hydrogens is 387 g/mol. The summed E-state index contributed by atoms with van der Waals surface area (Å²) < 4.78 is 46.4. The topological polar surface area (TPSA) is 81.9 Å². The number of allylic oxidation sites excluding steroid dienone is 1. The number of anilines is 1. The third-order valence-corrected chi connectivity index (χ3v) is 4.19. The van der Waals surface area contributed by atoms with Crippen LogP contribution in [0, 0.1) is 0 Å². The molecule has 3 heterocycles. The van der Waals surface area contributed by atoms with Gasteiger partial charge in [-0.05, 0) is 36.4 Å². The van der Waals surface area contributed by atoms with E-state index in [1.165, 1.54) is 6.33 Å². The average molecular weight is 401 g/mol. The zero-order valence-electron chi connectivity index (χ0n) is 14.8. The number of aromatic nitrogens is 4. The summed E-state index contributed by atoms with van der Waals surface area (Å²) in [6, 6.07) is 7.71. The maximum absolute atomic E-state index is 13.1. The number of hydrogen-bond donors (Lipinski definition) is 1. The summed E-state index contributed by atoms with van der Waals surface area (Å²) in [6.07, 6.45) is 0.381. The number of nitrogens with zero attached hydrogens (tertiary/aromatic N) is 4. The summed E-state index contributed by atoms with van der Waals surface area (Å²) in [5, 5.41) is 10.5. The molecule has 1 aliphatic rings. The van der Waals surface area contributed by atoms with Crippen molar-refractivity contribution < 1.29 is 22.7 Å². The molecule has 2 aromatic heterocycles. The number of nitrogens with one attached hydrogen (secondary N) is 1. The molecule has 1 aliphatic heterocycles. The van der Waals surface area contributed by atoms with Gasteiger partial charge >= 0.3 is 6.18 Å². The van der Waals surface area contributed by atoms with Gasteiger partial charge in [-0.15, -0.1) is 10.2 Å². The van der Waals surface area contributed by atoms with Gasteiger partial charge in [-0.2, -0.15) is 13.2 Å². The minimum absolute atomic E-state index is 0.0113. The van der Waals surface area contributed by atoms with Crippen LogP contribution in [-0.4, -0.2) is 32.3 Å². The number of carbonyl (C=O) groups excluding carboxylic acids is 1. The van der Waals surface area contributed by atoms with E-state index in [0.29, 0.717) is 18.1 Å². The van der Waals surface area contributed by atoms with Gasteiger partial charge in [0.25, 0.3) is 5.91 Å². The fourth-order valence-corrected chi connectivity index (χ4v) is 2.80. The highest BCUT2D eigenvalue weighted by Gasteiger charge is 2.32. The molecule has 0 aliphatic carbocycles. The van der Waals surface area contributed by atoms with Crippen molar-refractivity contribution in [3.63, 3.8) is 0 Å². The molecule has 10 heteroatoms. The summed E-state index contributed by atoms with van der Waals surface area (Å²) in [4.78, 5) is 17.0. The highest BCUT2D eigenvalue weighted by atomic mass is 19.4. The smallest absolute Gasteiger partial charge is 0.416 e. The number of ether oxygens (including phenoxy) is 1. The molecule has 7 nitrogen and oxygen atoms in total. The van der Waals surface area contributed by atoms with Crippen molar-refractivity contribution in [3.8, 4) is 17.3 Å². The highest BCUT2D eigenvalue weighted by molar-refractivity contribution is 6.05. The zero-order chi connectivity index (χ0) is 20.4. The number of fused-ring (bicyclic) bond motifs is 5. The maximum Gasteiger partial charge on any atom is 0.416 e. The summed E-state index contributed by atoms with van der Waals surface area (Å²) in [5.41, 5.74) is -0.433. The molecule has 3 aromatic rings. The molecule has 4 rings (SSSR count). The molecule has 29 heavy (non-hydrogen) atoms. The maximum atomic E-state index is 13.1. The summed E-state index contributed by atoms with van der Waals surface area (Å²) in [7, 11) is 0. The van der Waals surface area contributed by atoms with Gasteiger partial charge in [0.15, 0.2) is 5.82 Å². The number of halogens is 3. The van der Waals surface area contributed by atoms with E-state index < -0.39 is 17.6 Å². The Balaban J connectivity index is 1.76. The molecule has 1 aromatic carbocycles. The molecule has 0 atom stereocenters. The van der Waals surface area contributed by atoms with Gasteiger partial charge in [0.2, 0.25) is 0 Å². The fraction of sp³-hybridized carbons (Fsp3) is 0.158. The highest BCUT2D eigenvalue weighted by Crippen LogP contribution is 2.33. The van der Waals surface area contributed by atoms with Gasteiger partial charge in [0, 0.05) is 6.54 Å². The Morgan fingerprint density at radius 3 is 2.83 bits per heavy atom. The molecule has 2 bridgehead atoms. The van der Waals surface area contributed by atoms with Crippen LogP contribution in [0.25, 0.3) is 11.5 Å². The van der Waals surface area contributed by atoms with Gasteiger partial charge in [-0.25, -0.2) is 4.98 Å². The number of rotatable bonds is 0. The van der Waals surface area contributed by atoms with Crippen LogP contribution in [0.1, 0.15) is 15.9 Å². The Kier molecular flexibility index (Phi) is 4.75. The van der Waals surface area contributed by atoms with Crippen LogP contribution in [0.5, 0.6) is 5.75 Å². The second kappa shape index (κ2) is 7.38. The molecule has 1 amide bonds. The average Bonchev–Trinajstić information content (AvgIpc) is 3.15. The lowest BCUT2D eigenvalue weighted by molar-refractivity contribution is -0.137. The van der Waals surface area contributed by atoms with Crippen molar-refractivity contribution in [1.29, 1.82) is 0 Å². The van der Waals surface area contributed by atoms with Gasteiger partial charge in [-0.3, -0.25) is 4.79 Å². The monoisotopic (exact) mass is 401 g/mol. The zero-order valence-corrected chi connectivity index (χ0v) is 14.8. The normalized spacial score (nSPS) is 15.3. The Bertz CT molecular complexity index is 1090. The lowest BCUT2D eigenvalue weighted by Gasteiger charge is -2.14. The van der Waals surface area contributed by atoms with Crippen LogP contribution >= 0.6 is 0 Å². The Morgan fingerprint density at radius 2 is 2.00 bits per heavy atom. The molecule has 0 unspecified atom stereocenters. The van der Waals surface area contributed by atoms with Crippen molar-refractivity contribution >= 4 is 11.7 Å². The van der Waals surface area contributed by atoms with E-state index in [0.717, 1.165) is 18.2 Å². The van der Waals surface area contributed by atoms with Crippen molar-refractivity contribution in [3.05, 3.63) is 66.0 Å². The minimum Gasteiger partial charge on any atom is -0.489 e. The number of amides is 1. The number of carbonyl (C=O) groups is 1. The SMILES string of the molecule is O=C1Nc2cccc(n2)-c2nncn2C/C=C/COc2cc(C(F)(F)F)ccc21. The van der Waals surface area contributed by atoms with Gasteiger partial charge in [0.1, 0.15) is 30.2 Å². The second-order valence-corrected chi connectivity index (χ2v) is 6.16. The lowest BCUT2D eigenvalue weighted by Crippen LogP contribution is -2.16. The van der Waals surface area contributed by atoms with E-state index in [1.807, 2.05) is 0 Å². The third-order valence-electron chi connectivity index (χ3n) is 4.19. The Morgan fingerprint density at radius 1 is 1.14 bits per heavy atom. The van der Waals surface area contributed by atoms with E-state index >= 15 is 0 Å². The quantitative estimate of drug-likeness (QED) is 0.583. The first kappa shape index (κ1) is 18.7. The second-order valence-electron chi connectivity index (χ2n) is 6.16. The van der Waals surface area contributed by atoms with Crippen molar-refractivity contribution in [2.45, 2.75) is 12.7 Å². The van der Waals surface area contributed by atoms with Crippen molar-refractivity contribution in [1.82, 2.24) is 19.7 Å². The number of pyridine rings is 1. The summed E-state index contributed by atoms with van der Waals surface area (Å²) in [5.74, 6) is -0.0690. The predicted octanol–water partition coefficient (Wildman–Crippen LogP) is 3.56. The van der Waals surface area contributed by atoms with Crippen molar-refractivity contribution in [2.24, 2.45) is 0 Å². The van der Waals surface area contributed by atoms with E-state index in [1.54, 1.807) is 34.9 Å². The first-order valence-electron chi connectivity index (χ1n) is 8.57. The van der Waals surface area contributed by atoms with Crippen LogP contribution in [0.4, 0.5) is 19.0 Å². The largest absolute Gasteiger partial charge is 0.489 e. The van der Waals surface area contributed by atoms with E-state index in [2.05, 4.69) is 20.5 Å². The predicted molar refractivity (Wildman–Crippen MR) is 97.3 cm³/mol. The first-order valence-corrected chi connectivity index (χ1v) is 8.57. The molecule has 0 spiro atoms. The third kappa shape index (κ3) is 3.96. The van der Waals surface area contributed by atoms with Crippen LogP contribution in [0.2, 0.25) is 0 Å². The van der Waals surface area contributed by atoms with Crippen LogP contribution in [-0.2, 0) is 12.7 Å². The van der Waals surface area contributed by atoms with E-state index in [9.17, 15) is 18.0 Å². The van der Waals surface area contributed by atoms with E-state index in [-0.39, 0.29) is 23.7 Å². The number of benzene rings is 1. The Labute approximate surface area is 162 Å². The molecule has 0 saturated heterocycles. The standard InChI is InChI=1S/C19H14F3N5O2/c20-19(21,22)12-6-7-13-15(10-12)29-9-2-1-8-27-11-23-26-17(27)14-4-3-5-16(24-14)25-18(13)28/h1-7,10-11H,8-9H2,(H,24,25,28)/b2-1+. The molecule has 1 N–H and O–H groups in total. The number of alkyl halides is 3. The van der Waals surface area contributed by atoms with Gasteiger partial charge < -0.3 is 14.6 Å². The first-order chi connectivity index (χ1) is 13.9. The van der Waals surface area contributed by atoms with Crippen LogP contribution < -0.4 is 10.1 Å². The van der Waals surface area contributed by atoms with E-state index in [4.69, 9.17) is 4.74 Å². The molecule has 0 radical (unpaired) electrons. The summed E-state index contributed by atoms with van der Waals surface area (Å²) in [6.45, 7) is 0.405. The minimum atomic E-state index is -4.55. The molecule has 148 valence electrons. The number of hydrogen-bond acceptors (Lipinski definition) is 5. The lowest BCUT2D eigenvalue weighted by atomic mass is 10.1. The van der Waals surface area contributed by atoms with Gasteiger partial charge in [-0.1, -0.05) is 12.1 Å². The molecular formula is C19H14F3N5O2. The van der Waals surface area contributed by atoms with Crippen molar-refractivity contribution in [2.75, 3.05) is 11.9 Å². The molecule has 0 fully saturated rings.